The van der Waals surface area contributed by atoms with Crippen LogP contribution in [0.5, 0.6) is 0 Å². The summed E-state index contributed by atoms with van der Waals surface area (Å²) in [5.41, 5.74) is 0.228. The van der Waals surface area contributed by atoms with Crippen LogP contribution >= 0.6 is 0 Å². The number of alkyl halides is 2. The van der Waals surface area contributed by atoms with Gasteiger partial charge < -0.3 is 15.0 Å². The van der Waals surface area contributed by atoms with E-state index < -0.39 is 23.8 Å². The summed E-state index contributed by atoms with van der Waals surface area (Å²) in [5.74, 6) is 1.000. The summed E-state index contributed by atoms with van der Waals surface area (Å²) < 4.78 is 46.6. The van der Waals surface area contributed by atoms with E-state index >= 15 is 0 Å². The summed E-state index contributed by atoms with van der Waals surface area (Å²) in [6.07, 6.45) is -0.0824. The predicted molar refractivity (Wildman–Crippen MR) is 128 cm³/mol. The Labute approximate surface area is 202 Å². The van der Waals surface area contributed by atoms with E-state index in [1.165, 1.54) is 12.1 Å². The van der Waals surface area contributed by atoms with Crippen molar-refractivity contribution < 1.29 is 17.9 Å². The molecule has 2 aromatic heterocycles. The molecular weight excluding hydrogens is 457 g/mol. The Morgan fingerprint density at radius 1 is 1.11 bits per heavy atom. The molecule has 5 rings (SSSR count). The zero-order valence-corrected chi connectivity index (χ0v) is 19.8. The molecule has 2 fully saturated rings. The maximum atomic E-state index is 14.7. The number of benzene rings is 1. The molecule has 0 aliphatic carbocycles. The monoisotopic (exact) mass is 486 g/mol. The first-order chi connectivity index (χ1) is 16.9. The number of rotatable bonds is 6. The Kier molecular flexibility index (Phi) is 6.75. The Hall–Kier alpha value is -2.98. The second kappa shape index (κ2) is 9.94. The molecule has 35 heavy (non-hydrogen) atoms. The maximum absolute atomic E-state index is 14.7. The van der Waals surface area contributed by atoms with Crippen LogP contribution in [0.4, 0.5) is 24.8 Å². The summed E-state index contributed by atoms with van der Waals surface area (Å²) in [6.45, 7) is 8.73. The van der Waals surface area contributed by atoms with Gasteiger partial charge >= 0.3 is 0 Å². The van der Waals surface area contributed by atoms with Gasteiger partial charge in [-0.3, -0.25) is 4.90 Å². The SMILES string of the molecule is Cc1nc(NC(C)c2cccc(C(F)F)c2F)c2cc(N3CCC(N4CCOCC4)C3)ncc2n1. The first-order valence-electron chi connectivity index (χ1n) is 11.9. The minimum absolute atomic E-state index is 0.161. The lowest BCUT2D eigenvalue weighted by Crippen LogP contribution is -2.44. The second-order valence-electron chi connectivity index (χ2n) is 9.13. The van der Waals surface area contributed by atoms with Crippen molar-refractivity contribution in [2.75, 3.05) is 49.6 Å². The zero-order valence-electron chi connectivity index (χ0n) is 19.8. The van der Waals surface area contributed by atoms with E-state index in [0.29, 0.717) is 23.2 Å². The van der Waals surface area contributed by atoms with Crippen molar-refractivity contribution in [2.45, 2.75) is 38.8 Å². The quantitative estimate of drug-likeness (QED) is 0.551. The summed E-state index contributed by atoms with van der Waals surface area (Å²) in [6, 6.07) is 5.91. The average Bonchev–Trinajstić information content (AvgIpc) is 3.34. The molecule has 1 N–H and O–H groups in total. The van der Waals surface area contributed by atoms with Gasteiger partial charge in [-0.25, -0.2) is 28.1 Å². The van der Waals surface area contributed by atoms with Gasteiger partial charge in [0.1, 0.15) is 23.3 Å². The first kappa shape index (κ1) is 23.7. The average molecular weight is 487 g/mol. The predicted octanol–water partition coefficient (Wildman–Crippen LogP) is 4.49. The Morgan fingerprint density at radius 2 is 1.89 bits per heavy atom. The van der Waals surface area contributed by atoms with Crippen molar-refractivity contribution in [3.05, 3.63) is 53.2 Å². The fraction of sp³-hybridized carbons (Fsp3) is 0.480. The van der Waals surface area contributed by atoms with Crippen molar-refractivity contribution in [3.63, 3.8) is 0 Å². The molecule has 0 bridgehead atoms. The van der Waals surface area contributed by atoms with Crippen LogP contribution in [0.2, 0.25) is 0 Å². The molecule has 0 saturated carbocycles. The van der Waals surface area contributed by atoms with Gasteiger partial charge in [0.15, 0.2) is 0 Å². The van der Waals surface area contributed by atoms with Crippen LogP contribution in [0.3, 0.4) is 0 Å². The van der Waals surface area contributed by atoms with Crippen LogP contribution in [0.25, 0.3) is 10.9 Å². The number of nitrogens with one attached hydrogen (secondary N) is 1. The third-order valence-electron chi connectivity index (χ3n) is 6.84. The van der Waals surface area contributed by atoms with Crippen LogP contribution < -0.4 is 10.2 Å². The van der Waals surface area contributed by atoms with Crippen molar-refractivity contribution >= 4 is 22.5 Å². The number of morpholine rings is 1. The number of ether oxygens (including phenoxy) is 1. The third-order valence-corrected chi connectivity index (χ3v) is 6.84. The van der Waals surface area contributed by atoms with E-state index in [9.17, 15) is 13.2 Å². The number of hydrogen-bond donors (Lipinski definition) is 1. The second-order valence-corrected chi connectivity index (χ2v) is 9.13. The standard InChI is InChI=1S/C25H29F3N6O/c1-15(18-4-3-5-19(23(18)26)24(27)28)30-25-20-12-22(29-13-21(20)31-16(2)32-25)34-7-6-17(14-34)33-8-10-35-11-9-33/h3-5,12-13,15,17,24H,6-11,14H2,1-2H3,(H,30,31,32). The molecule has 2 aliphatic rings. The van der Waals surface area contributed by atoms with Crippen LogP contribution in [0.1, 0.15) is 42.8 Å². The zero-order chi connectivity index (χ0) is 24.5. The smallest absolute Gasteiger partial charge is 0.266 e. The third kappa shape index (κ3) is 4.90. The molecule has 2 saturated heterocycles. The van der Waals surface area contributed by atoms with Gasteiger partial charge in [0, 0.05) is 43.2 Å². The number of aryl methyl sites for hydroxylation is 1. The topological polar surface area (TPSA) is 66.4 Å². The number of fused-ring (bicyclic) bond motifs is 1. The molecule has 10 heteroatoms. The molecule has 0 spiro atoms. The number of aromatic nitrogens is 3. The lowest BCUT2D eigenvalue weighted by atomic mass is 10.0. The molecule has 2 aliphatic heterocycles. The maximum Gasteiger partial charge on any atom is 0.266 e. The summed E-state index contributed by atoms with van der Waals surface area (Å²) >= 11 is 0. The molecule has 4 heterocycles. The molecule has 186 valence electrons. The van der Waals surface area contributed by atoms with Gasteiger partial charge in [-0.05, 0) is 26.3 Å². The van der Waals surface area contributed by atoms with Crippen LogP contribution in [-0.4, -0.2) is 65.3 Å². The van der Waals surface area contributed by atoms with Gasteiger partial charge in [0.2, 0.25) is 0 Å². The molecule has 7 nitrogen and oxygen atoms in total. The van der Waals surface area contributed by atoms with Gasteiger partial charge in [-0.15, -0.1) is 0 Å². The van der Waals surface area contributed by atoms with Gasteiger partial charge in [0.25, 0.3) is 6.43 Å². The highest BCUT2D eigenvalue weighted by Gasteiger charge is 2.29. The molecular formula is C25H29F3N6O. The Bertz CT molecular complexity index is 1200. The van der Waals surface area contributed by atoms with Crippen LogP contribution in [0.15, 0.2) is 30.5 Å². The van der Waals surface area contributed by atoms with E-state index in [1.54, 1.807) is 20.0 Å². The number of anilines is 2. The Morgan fingerprint density at radius 3 is 2.66 bits per heavy atom. The largest absolute Gasteiger partial charge is 0.379 e. The van der Waals surface area contributed by atoms with E-state index in [2.05, 4.69) is 30.1 Å². The molecule has 3 aromatic rings. The molecule has 0 amide bonds. The highest BCUT2D eigenvalue weighted by molar-refractivity contribution is 5.90. The highest BCUT2D eigenvalue weighted by atomic mass is 19.3. The highest BCUT2D eigenvalue weighted by Crippen LogP contribution is 2.32. The number of hydrogen-bond acceptors (Lipinski definition) is 7. The Balaban J connectivity index is 1.41. The van der Waals surface area contributed by atoms with Gasteiger partial charge in [0.05, 0.1) is 36.5 Å². The van der Waals surface area contributed by atoms with Gasteiger partial charge in [-0.2, -0.15) is 0 Å². The fourth-order valence-corrected chi connectivity index (χ4v) is 4.97. The van der Waals surface area contributed by atoms with E-state index in [0.717, 1.165) is 63.1 Å². The first-order valence-corrected chi connectivity index (χ1v) is 11.9. The lowest BCUT2D eigenvalue weighted by Gasteiger charge is -2.32. The molecule has 2 unspecified atom stereocenters. The van der Waals surface area contributed by atoms with E-state index in [1.807, 2.05) is 6.07 Å². The van der Waals surface area contributed by atoms with Crippen molar-refractivity contribution in [2.24, 2.45) is 0 Å². The fourth-order valence-electron chi connectivity index (χ4n) is 4.97. The minimum atomic E-state index is -2.88. The molecule has 2 atom stereocenters. The van der Waals surface area contributed by atoms with Crippen LogP contribution in [-0.2, 0) is 4.74 Å². The van der Waals surface area contributed by atoms with Gasteiger partial charge in [-0.1, -0.05) is 18.2 Å². The molecule has 1 aromatic carbocycles. The number of nitrogens with zero attached hydrogens (tertiary/aromatic N) is 5. The lowest BCUT2D eigenvalue weighted by molar-refractivity contribution is 0.0209. The molecule has 0 radical (unpaired) electrons. The van der Waals surface area contributed by atoms with Crippen molar-refractivity contribution in [1.82, 2.24) is 19.9 Å². The number of halogens is 3. The van der Waals surface area contributed by atoms with Crippen molar-refractivity contribution in [3.8, 4) is 0 Å². The van der Waals surface area contributed by atoms with E-state index in [-0.39, 0.29) is 5.56 Å². The van der Waals surface area contributed by atoms with Crippen molar-refractivity contribution in [1.29, 1.82) is 0 Å². The number of pyridine rings is 1. The summed E-state index contributed by atoms with van der Waals surface area (Å²) in [5, 5.41) is 3.98. The van der Waals surface area contributed by atoms with E-state index in [4.69, 9.17) is 4.74 Å². The normalized spacial score (nSPS) is 20.1. The van der Waals surface area contributed by atoms with Crippen LogP contribution in [0, 0.1) is 12.7 Å². The summed E-state index contributed by atoms with van der Waals surface area (Å²) in [7, 11) is 0. The summed E-state index contributed by atoms with van der Waals surface area (Å²) in [4.78, 5) is 18.4. The minimum Gasteiger partial charge on any atom is -0.379 e.